The Balaban J connectivity index is 1.79. The highest BCUT2D eigenvalue weighted by Crippen LogP contribution is 2.32. The van der Waals surface area contributed by atoms with Crippen LogP contribution in [0.2, 0.25) is 0 Å². The summed E-state index contributed by atoms with van der Waals surface area (Å²) >= 11 is 0. The van der Waals surface area contributed by atoms with Crippen LogP contribution in [0.15, 0.2) is 79.0 Å². The molecule has 4 aromatic rings. The van der Waals surface area contributed by atoms with Gasteiger partial charge in [0, 0.05) is 37.1 Å². The van der Waals surface area contributed by atoms with E-state index in [1.165, 1.54) is 6.20 Å². The number of nitrogens with zero attached hydrogens (tertiary/aromatic N) is 2. The van der Waals surface area contributed by atoms with Crippen molar-refractivity contribution < 1.29 is 4.79 Å². The van der Waals surface area contributed by atoms with Crippen molar-refractivity contribution >= 4 is 33.9 Å². The Morgan fingerprint density at radius 2 is 1.62 bits per heavy atom. The van der Waals surface area contributed by atoms with Crippen molar-refractivity contribution in [1.29, 1.82) is 0 Å². The number of carbonyl (C=O) groups is 1. The number of rotatable bonds is 5. The quantitative estimate of drug-likeness (QED) is 0.520. The highest BCUT2D eigenvalue weighted by Gasteiger charge is 2.14. The Morgan fingerprint density at radius 3 is 2.28 bits per heavy atom. The molecule has 0 saturated carbocycles. The second-order valence-corrected chi connectivity index (χ2v) is 7.08. The van der Waals surface area contributed by atoms with Crippen LogP contribution < -0.4 is 16.0 Å². The van der Waals surface area contributed by atoms with Crippen LogP contribution in [-0.4, -0.2) is 25.0 Å². The smallest absolute Gasteiger partial charge is 0.252 e. The molecule has 5 heteroatoms. The minimum absolute atomic E-state index is 0.365. The maximum atomic E-state index is 12.0. The largest absolute Gasteiger partial charge is 0.378 e. The molecule has 1 heterocycles. The number of nitrogens with two attached hydrogens (primary N) is 1. The highest BCUT2D eigenvalue weighted by molar-refractivity contribution is 6.08. The number of fused-ring (bicyclic) bond motifs is 1. The molecule has 0 radical (unpaired) electrons. The van der Waals surface area contributed by atoms with Crippen LogP contribution in [0.1, 0.15) is 10.4 Å². The van der Waals surface area contributed by atoms with Crippen LogP contribution in [0.3, 0.4) is 0 Å². The van der Waals surface area contributed by atoms with Gasteiger partial charge in [-0.2, -0.15) is 0 Å². The second kappa shape index (κ2) is 7.64. The van der Waals surface area contributed by atoms with Crippen LogP contribution in [-0.2, 0) is 0 Å². The van der Waals surface area contributed by atoms with Crippen molar-refractivity contribution in [1.82, 2.24) is 4.98 Å². The molecule has 3 N–H and O–H groups in total. The lowest BCUT2D eigenvalue weighted by Gasteiger charge is -2.15. The second-order valence-electron chi connectivity index (χ2n) is 7.08. The average molecular weight is 382 g/mol. The number of amides is 1. The Labute approximate surface area is 169 Å². The van der Waals surface area contributed by atoms with Gasteiger partial charge < -0.3 is 16.0 Å². The Kier molecular flexibility index (Phi) is 4.87. The number of hydrogen-bond donors (Lipinski definition) is 2. The summed E-state index contributed by atoms with van der Waals surface area (Å²) in [5, 5.41) is 4.18. The van der Waals surface area contributed by atoms with Crippen molar-refractivity contribution in [2.45, 2.75) is 0 Å². The molecular formula is C24H22N4O. The summed E-state index contributed by atoms with van der Waals surface area (Å²) in [5.41, 5.74) is 11.6. The molecule has 0 aliphatic carbocycles. The Hall–Kier alpha value is -3.86. The molecule has 0 spiro atoms. The minimum Gasteiger partial charge on any atom is -0.378 e. The first kappa shape index (κ1) is 18.5. The molecule has 5 nitrogen and oxygen atoms in total. The predicted octanol–water partition coefficient (Wildman–Crippen LogP) is 4.81. The number of aromatic nitrogens is 1. The molecule has 0 aliphatic rings. The summed E-state index contributed by atoms with van der Waals surface area (Å²) in [4.78, 5) is 18.5. The topological polar surface area (TPSA) is 71.2 Å². The lowest BCUT2D eigenvalue weighted by atomic mass is 10.0. The third-order valence-electron chi connectivity index (χ3n) is 4.89. The fourth-order valence-corrected chi connectivity index (χ4v) is 3.31. The SMILES string of the molecule is CN(C)c1ccc(-c2ccc3c(Nc4ccccc4)c(C(N)=O)cnc3c2)cc1. The summed E-state index contributed by atoms with van der Waals surface area (Å²) in [6, 6.07) is 24.1. The first-order valence-corrected chi connectivity index (χ1v) is 9.35. The van der Waals surface area contributed by atoms with Crippen LogP contribution in [0, 0.1) is 0 Å². The van der Waals surface area contributed by atoms with Crippen molar-refractivity contribution in [3.8, 4) is 11.1 Å². The van der Waals surface area contributed by atoms with Gasteiger partial charge in [-0.25, -0.2) is 0 Å². The van der Waals surface area contributed by atoms with E-state index >= 15 is 0 Å². The number of nitrogens with one attached hydrogen (secondary N) is 1. The Bertz CT molecular complexity index is 1170. The molecule has 4 rings (SSSR count). The van der Waals surface area contributed by atoms with Crippen LogP contribution in [0.4, 0.5) is 17.1 Å². The lowest BCUT2D eigenvalue weighted by molar-refractivity contribution is 0.100. The summed E-state index contributed by atoms with van der Waals surface area (Å²) in [6.07, 6.45) is 1.54. The molecule has 0 atom stereocenters. The average Bonchev–Trinajstić information content (AvgIpc) is 2.74. The lowest BCUT2D eigenvalue weighted by Crippen LogP contribution is -2.14. The summed E-state index contributed by atoms with van der Waals surface area (Å²) in [6.45, 7) is 0. The molecule has 0 saturated heterocycles. The normalized spacial score (nSPS) is 10.7. The Morgan fingerprint density at radius 1 is 0.931 bits per heavy atom. The van der Waals surface area contributed by atoms with Gasteiger partial charge >= 0.3 is 0 Å². The van der Waals surface area contributed by atoms with Crippen LogP contribution in [0.5, 0.6) is 0 Å². The van der Waals surface area contributed by atoms with E-state index in [0.717, 1.165) is 33.4 Å². The molecule has 0 aliphatic heterocycles. The minimum atomic E-state index is -0.513. The molecule has 29 heavy (non-hydrogen) atoms. The molecule has 144 valence electrons. The number of para-hydroxylation sites is 1. The molecule has 1 aromatic heterocycles. The van der Waals surface area contributed by atoms with Gasteiger partial charge in [0.15, 0.2) is 0 Å². The zero-order valence-electron chi connectivity index (χ0n) is 16.4. The third kappa shape index (κ3) is 3.75. The number of anilines is 3. The van der Waals surface area contributed by atoms with Gasteiger partial charge in [0.25, 0.3) is 5.91 Å². The number of pyridine rings is 1. The summed E-state index contributed by atoms with van der Waals surface area (Å²) in [5.74, 6) is -0.513. The van der Waals surface area contributed by atoms with E-state index in [-0.39, 0.29) is 0 Å². The monoisotopic (exact) mass is 382 g/mol. The van der Waals surface area contributed by atoms with Gasteiger partial charge in [-0.3, -0.25) is 9.78 Å². The van der Waals surface area contributed by atoms with Crippen molar-refractivity contribution in [3.63, 3.8) is 0 Å². The molecule has 1 amide bonds. The first-order valence-electron chi connectivity index (χ1n) is 9.35. The van der Waals surface area contributed by atoms with Gasteiger partial charge in [0.05, 0.1) is 16.8 Å². The zero-order chi connectivity index (χ0) is 20.4. The molecule has 0 bridgehead atoms. The summed E-state index contributed by atoms with van der Waals surface area (Å²) < 4.78 is 0. The van der Waals surface area contributed by atoms with Crippen LogP contribution in [0.25, 0.3) is 22.0 Å². The van der Waals surface area contributed by atoms with E-state index in [1.807, 2.05) is 62.6 Å². The number of benzene rings is 3. The maximum absolute atomic E-state index is 12.0. The van der Waals surface area contributed by atoms with E-state index < -0.39 is 5.91 Å². The molecule has 0 unspecified atom stereocenters. The van der Waals surface area contributed by atoms with Crippen molar-refractivity contribution in [2.24, 2.45) is 5.73 Å². The molecule has 3 aromatic carbocycles. The fraction of sp³-hybridized carbons (Fsp3) is 0.0833. The standard InChI is InChI=1S/C24H22N4O/c1-28(2)19-11-8-16(9-12-19)17-10-13-20-22(14-17)26-15-21(24(25)29)23(20)27-18-6-4-3-5-7-18/h3-15H,1-2H3,(H2,25,29)(H,26,27). The van der Waals surface area contributed by atoms with E-state index in [4.69, 9.17) is 5.73 Å². The van der Waals surface area contributed by atoms with Crippen molar-refractivity contribution in [2.75, 3.05) is 24.3 Å². The van der Waals surface area contributed by atoms with E-state index in [1.54, 1.807) is 0 Å². The predicted molar refractivity (Wildman–Crippen MR) is 120 cm³/mol. The highest BCUT2D eigenvalue weighted by atomic mass is 16.1. The van der Waals surface area contributed by atoms with Gasteiger partial charge in [0.2, 0.25) is 0 Å². The van der Waals surface area contributed by atoms with E-state index in [9.17, 15) is 4.79 Å². The van der Waals surface area contributed by atoms with Crippen molar-refractivity contribution in [3.05, 3.63) is 84.6 Å². The zero-order valence-corrected chi connectivity index (χ0v) is 16.4. The fourth-order valence-electron chi connectivity index (χ4n) is 3.31. The van der Waals surface area contributed by atoms with Gasteiger partial charge in [0.1, 0.15) is 0 Å². The van der Waals surface area contributed by atoms with Gasteiger partial charge in [-0.15, -0.1) is 0 Å². The number of primary amides is 1. The number of hydrogen-bond acceptors (Lipinski definition) is 4. The van der Waals surface area contributed by atoms with Gasteiger partial charge in [-0.1, -0.05) is 42.5 Å². The third-order valence-corrected chi connectivity index (χ3v) is 4.89. The van der Waals surface area contributed by atoms with Crippen LogP contribution >= 0.6 is 0 Å². The molecule has 0 fully saturated rings. The first-order chi connectivity index (χ1) is 14.0. The summed E-state index contributed by atoms with van der Waals surface area (Å²) in [7, 11) is 4.04. The van der Waals surface area contributed by atoms with Gasteiger partial charge in [-0.05, 0) is 41.5 Å². The van der Waals surface area contributed by atoms with E-state index in [2.05, 4.69) is 39.5 Å². The number of carbonyl (C=O) groups excluding carboxylic acids is 1. The molecular weight excluding hydrogens is 360 g/mol. The maximum Gasteiger partial charge on any atom is 0.252 e. The van der Waals surface area contributed by atoms with E-state index in [0.29, 0.717) is 11.3 Å².